The maximum absolute atomic E-state index is 13.3. The lowest BCUT2D eigenvalue weighted by Gasteiger charge is -2.28. The first kappa shape index (κ1) is 28.7. The highest BCUT2D eigenvalue weighted by Gasteiger charge is 2.29. The largest absolute Gasteiger partial charge is 0.390 e. The van der Waals surface area contributed by atoms with Crippen molar-refractivity contribution < 1.29 is 19.5 Å². The summed E-state index contributed by atoms with van der Waals surface area (Å²) in [5, 5.41) is 20.6. The molecule has 0 aliphatic carbocycles. The Hall–Kier alpha value is -3.82. The average Bonchev–Trinajstić information content (AvgIpc) is 2.91. The highest BCUT2D eigenvalue weighted by molar-refractivity contribution is 5.99. The molecular weight excluding hydrogens is 482 g/mol. The molecule has 0 saturated carbocycles. The molecule has 38 heavy (non-hydrogen) atoms. The summed E-state index contributed by atoms with van der Waals surface area (Å²) in [6, 6.07) is 18.5. The first-order valence-electron chi connectivity index (χ1n) is 13.0. The van der Waals surface area contributed by atoms with Crippen molar-refractivity contribution in [3.63, 3.8) is 0 Å². The molecule has 3 amide bonds. The number of nitrogens with one attached hydrogen (secondary N) is 3. The van der Waals surface area contributed by atoms with Crippen molar-refractivity contribution >= 4 is 28.6 Å². The zero-order valence-corrected chi connectivity index (χ0v) is 21.9. The number of aliphatic hydroxyl groups excluding tert-OH is 1. The van der Waals surface area contributed by atoms with E-state index in [4.69, 9.17) is 5.73 Å². The first-order valence-corrected chi connectivity index (χ1v) is 13.0. The van der Waals surface area contributed by atoms with E-state index in [-0.39, 0.29) is 18.3 Å². The van der Waals surface area contributed by atoms with Gasteiger partial charge >= 0.3 is 0 Å². The van der Waals surface area contributed by atoms with Crippen LogP contribution in [-0.4, -0.2) is 58.6 Å². The Morgan fingerprint density at radius 2 is 1.68 bits per heavy atom. The van der Waals surface area contributed by atoms with Crippen LogP contribution in [0, 0.1) is 0 Å². The fourth-order valence-corrected chi connectivity index (χ4v) is 4.27. The van der Waals surface area contributed by atoms with Crippen LogP contribution < -0.4 is 21.7 Å². The van der Waals surface area contributed by atoms with Gasteiger partial charge in [0.2, 0.25) is 11.8 Å². The van der Waals surface area contributed by atoms with E-state index in [0.717, 1.165) is 23.8 Å². The number of fused-ring (bicyclic) bond motifs is 1. The molecule has 0 aliphatic heterocycles. The molecule has 9 heteroatoms. The van der Waals surface area contributed by atoms with E-state index >= 15 is 0 Å². The van der Waals surface area contributed by atoms with Crippen LogP contribution >= 0.6 is 0 Å². The predicted octanol–water partition coefficient (Wildman–Crippen LogP) is 2.08. The van der Waals surface area contributed by atoms with Crippen molar-refractivity contribution in [1.82, 2.24) is 20.9 Å². The van der Waals surface area contributed by atoms with Gasteiger partial charge in [-0.15, -0.1) is 0 Å². The molecule has 4 atom stereocenters. The number of aromatic nitrogens is 1. The molecule has 3 aromatic rings. The Kier molecular flexibility index (Phi) is 10.7. The normalized spacial score (nSPS) is 14.3. The minimum absolute atomic E-state index is 0.112. The number of aliphatic hydroxyl groups is 1. The van der Waals surface area contributed by atoms with Crippen molar-refractivity contribution in [3.8, 4) is 0 Å². The molecule has 0 aliphatic rings. The van der Waals surface area contributed by atoms with Crippen molar-refractivity contribution in [3.05, 3.63) is 78.0 Å². The molecule has 0 spiro atoms. The molecule has 202 valence electrons. The fraction of sp³-hybridized carbons (Fsp3) is 0.379. The second kappa shape index (κ2) is 14.2. The number of nitrogens with two attached hydrogens (primary N) is 1. The van der Waals surface area contributed by atoms with Gasteiger partial charge in [0.05, 0.1) is 24.1 Å². The number of hydrogen-bond donors (Lipinski definition) is 5. The highest BCUT2D eigenvalue weighted by Crippen LogP contribution is 2.12. The van der Waals surface area contributed by atoms with Gasteiger partial charge in [0.15, 0.2) is 0 Å². The van der Waals surface area contributed by atoms with Gasteiger partial charge < -0.3 is 26.8 Å². The average molecular weight is 520 g/mol. The third kappa shape index (κ3) is 8.64. The zero-order chi connectivity index (χ0) is 27.5. The summed E-state index contributed by atoms with van der Waals surface area (Å²) in [6.45, 7) is 4.40. The summed E-state index contributed by atoms with van der Waals surface area (Å²) in [6.07, 6.45) is 1.02. The second-order valence-corrected chi connectivity index (χ2v) is 9.56. The Balaban J connectivity index is 1.75. The number of hydrogen-bond acceptors (Lipinski definition) is 6. The summed E-state index contributed by atoms with van der Waals surface area (Å²) >= 11 is 0. The number of pyridine rings is 1. The summed E-state index contributed by atoms with van der Waals surface area (Å²) in [5.74, 6) is -1.96. The molecule has 0 bridgehead atoms. The van der Waals surface area contributed by atoms with Gasteiger partial charge in [-0.2, -0.15) is 0 Å². The van der Waals surface area contributed by atoms with E-state index < -0.39 is 42.3 Å². The van der Waals surface area contributed by atoms with Crippen LogP contribution in [0.4, 0.5) is 0 Å². The van der Waals surface area contributed by atoms with Crippen molar-refractivity contribution in [2.24, 2.45) is 5.73 Å². The Morgan fingerprint density at radius 1 is 0.974 bits per heavy atom. The van der Waals surface area contributed by atoms with Gasteiger partial charge in [-0.3, -0.25) is 14.4 Å². The molecule has 1 aromatic heterocycles. The number of para-hydroxylation sites is 1. The molecule has 2 aromatic carbocycles. The quantitative estimate of drug-likeness (QED) is 0.220. The molecule has 1 heterocycles. The van der Waals surface area contributed by atoms with E-state index in [2.05, 4.69) is 27.9 Å². The van der Waals surface area contributed by atoms with E-state index in [0.29, 0.717) is 11.9 Å². The second-order valence-electron chi connectivity index (χ2n) is 9.56. The lowest BCUT2D eigenvalue weighted by molar-refractivity contribution is -0.128. The molecule has 3 rings (SSSR count). The van der Waals surface area contributed by atoms with Crippen LogP contribution in [0.2, 0.25) is 0 Å². The minimum Gasteiger partial charge on any atom is -0.390 e. The molecule has 4 unspecified atom stereocenters. The number of carbonyl (C=O) groups is 3. The summed E-state index contributed by atoms with van der Waals surface area (Å²) in [7, 11) is 0. The number of amides is 3. The van der Waals surface area contributed by atoms with Gasteiger partial charge in [-0.25, -0.2) is 4.98 Å². The van der Waals surface area contributed by atoms with Gasteiger partial charge in [0.25, 0.3) is 5.91 Å². The molecule has 9 nitrogen and oxygen atoms in total. The molecule has 0 radical (unpaired) electrons. The van der Waals surface area contributed by atoms with Crippen molar-refractivity contribution in [1.29, 1.82) is 0 Å². The Morgan fingerprint density at radius 3 is 2.39 bits per heavy atom. The SMILES string of the molecule is CCCC(C)NCC(O)C(Cc1ccccc1)NC(=O)C(CC(N)=O)NC(=O)c1ccc2ccccc2n1. The third-order valence-electron chi connectivity index (χ3n) is 6.35. The third-order valence-corrected chi connectivity index (χ3v) is 6.35. The van der Waals surface area contributed by atoms with Gasteiger partial charge in [-0.05, 0) is 37.5 Å². The van der Waals surface area contributed by atoms with E-state index in [1.54, 1.807) is 18.2 Å². The predicted molar refractivity (Wildman–Crippen MR) is 147 cm³/mol. The molecule has 0 fully saturated rings. The van der Waals surface area contributed by atoms with E-state index in [1.807, 2.05) is 55.5 Å². The topological polar surface area (TPSA) is 146 Å². The maximum Gasteiger partial charge on any atom is 0.270 e. The van der Waals surface area contributed by atoms with E-state index in [9.17, 15) is 19.5 Å². The molecule has 6 N–H and O–H groups in total. The van der Waals surface area contributed by atoms with Gasteiger partial charge in [0.1, 0.15) is 11.7 Å². The maximum atomic E-state index is 13.3. The number of carbonyl (C=O) groups excluding carboxylic acids is 3. The van der Waals surface area contributed by atoms with Crippen LogP contribution in [0.25, 0.3) is 10.9 Å². The van der Waals surface area contributed by atoms with E-state index in [1.165, 1.54) is 0 Å². The lowest BCUT2D eigenvalue weighted by Crippen LogP contribution is -2.56. The number of rotatable bonds is 14. The fourth-order valence-electron chi connectivity index (χ4n) is 4.27. The number of primary amides is 1. The Bertz CT molecular complexity index is 1220. The minimum atomic E-state index is -1.23. The van der Waals surface area contributed by atoms with Crippen LogP contribution in [0.15, 0.2) is 66.7 Å². The molecule has 0 saturated heterocycles. The van der Waals surface area contributed by atoms with Gasteiger partial charge in [0, 0.05) is 18.0 Å². The first-order chi connectivity index (χ1) is 18.3. The monoisotopic (exact) mass is 519 g/mol. The standard InChI is InChI=1S/C29H37N5O4/c1-3-9-19(2)31-18-26(35)24(16-20-10-5-4-6-11-20)33-29(38)25(17-27(30)36)34-28(37)23-15-14-21-12-7-8-13-22(21)32-23/h4-8,10-15,19,24-26,31,35H,3,9,16-18H2,1-2H3,(H2,30,36)(H,33,38)(H,34,37). The van der Waals surface area contributed by atoms with Crippen molar-refractivity contribution in [2.45, 2.75) is 63.8 Å². The molecular formula is C29H37N5O4. The number of nitrogens with zero attached hydrogens (tertiary/aromatic N) is 1. The highest BCUT2D eigenvalue weighted by atomic mass is 16.3. The number of benzene rings is 2. The van der Waals surface area contributed by atoms with Crippen molar-refractivity contribution in [2.75, 3.05) is 6.54 Å². The Labute approximate surface area is 223 Å². The van der Waals surface area contributed by atoms with Crippen LogP contribution in [0.5, 0.6) is 0 Å². The van der Waals surface area contributed by atoms with Crippen LogP contribution in [-0.2, 0) is 16.0 Å². The summed E-state index contributed by atoms with van der Waals surface area (Å²) in [4.78, 5) is 42.4. The summed E-state index contributed by atoms with van der Waals surface area (Å²) < 4.78 is 0. The smallest absolute Gasteiger partial charge is 0.270 e. The van der Waals surface area contributed by atoms with Crippen LogP contribution in [0.1, 0.15) is 49.2 Å². The van der Waals surface area contributed by atoms with Gasteiger partial charge in [-0.1, -0.05) is 67.9 Å². The summed E-state index contributed by atoms with van der Waals surface area (Å²) in [5.41, 5.74) is 7.07. The lowest BCUT2D eigenvalue weighted by atomic mass is 9.99. The zero-order valence-electron chi connectivity index (χ0n) is 21.9. The van der Waals surface area contributed by atoms with Crippen LogP contribution in [0.3, 0.4) is 0 Å².